The smallest absolute Gasteiger partial charge is 0.241 e. The number of carbonyl (C=O) groups is 1. The number of rotatable bonds is 6. The standard InChI is InChI=1S/C19H25N5O/c25-17(13-24-18(21-22-23-24)15-7-4-5-8-15)20-14-19(11-6-12-19)16-9-2-1-3-10-16/h1-3,9-10,15H,4-8,11-14H2,(H,20,25). The van der Waals surface area contributed by atoms with Crippen LogP contribution < -0.4 is 5.32 Å². The molecule has 0 atom stereocenters. The minimum Gasteiger partial charge on any atom is -0.354 e. The minimum absolute atomic E-state index is 0.00578. The second-order valence-electron chi connectivity index (χ2n) is 7.45. The van der Waals surface area contributed by atoms with Gasteiger partial charge in [-0.15, -0.1) is 5.10 Å². The average molecular weight is 339 g/mol. The van der Waals surface area contributed by atoms with Gasteiger partial charge in [-0.1, -0.05) is 49.6 Å². The molecule has 0 spiro atoms. The third-order valence-electron chi connectivity index (χ3n) is 5.89. The lowest BCUT2D eigenvalue weighted by molar-refractivity contribution is -0.122. The van der Waals surface area contributed by atoms with Gasteiger partial charge in [0.15, 0.2) is 5.82 Å². The largest absolute Gasteiger partial charge is 0.354 e. The third kappa shape index (κ3) is 3.30. The van der Waals surface area contributed by atoms with Gasteiger partial charge in [0, 0.05) is 17.9 Å². The Hall–Kier alpha value is -2.24. The molecule has 2 saturated carbocycles. The molecule has 0 unspecified atom stereocenters. The van der Waals surface area contributed by atoms with E-state index in [0.29, 0.717) is 12.5 Å². The van der Waals surface area contributed by atoms with Gasteiger partial charge in [0.25, 0.3) is 0 Å². The molecule has 6 heteroatoms. The Morgan fingerprint density at radius 1 is 1.16 bits per heavy atom. The summed E-state index contributed by atoms with van der Waals surface area (Å²) in [5.41, 5.74) is 1.43. The number of carbonyl (C=O) groups excluding carboxylic acids is 1. The summed E-state index contributed by atoms with van der Waals surface area (Å²) in [5.74, 6) is 1.27. The molecule has 1 heterocycles. The first-order valence-corrected chi connectivity index (χ1v) is 9.35. The summed E-state index contributed by atoms with van der Waals surface area (Å²) >= 11 is 0. The van der Waals surface area contributed by atoms with E-state index in [-0.39, 0.29) is 17.9 Å². The Labute approximate surface area is 148 Å². The summed E-state index contributed by atoms with van der Waals surface area (Å²) in [6.45, 7) is 0.903. The first kappa shape index (κ1) is 16.2. The number of nitrogens with one attached hydrogen (secondary N) is 1. The molecule has 132 valence electrons. The highest BCUT2D eigenvalue weighted by Gasteiger charge is 2.38. The van der Waals surface area contributed by atoms with Crippen LogP contribution in [0.4, 0.5) is 0 Å². The lowest BCUT2D eigenvalue weighted by atomic mass is 9.64. The van der Waals surface area contributed by atoms with Gasteiger partial charge in [-0.05, 0) is 41.7 Å². The molecule has 2 fully saturated rings. The van der Waals surface area contributed by atoms with E-state index < -0.39 is 0 Å². The van der Waals surface area contributed by atoms with Crippen LogP contribution in [0.1, 0.15) is 62.3 Å². The summed E-state index contributed by atoms with van der Waals surface area (Å²) in [7, 11) is 0. The molecule has 1 amide bonds. The SMILES string of the molecule is O=C(Cn1nnnc1C1CCCC1)NCC1(c2ccccc2)CCC1. The Balaban J connectivity index is 1.37. The molecular formula is C19H25N5O. The van der Waals surface area contributed by atoms with E-state index in [0.717, 1.165) is 31.5 Å². The molecular weight excluding hydrogens is 314 g/mol. The third-order valence-corrected chi connectivity index (χ3v) is 5.89. The van der Waals surface area contributed by atoms with Crippen LogP contribution in [0, 0.1) is 0 Å². The molecule has 0 bridgehead atoms. The highest BCUT2D eigenvalue weighted by molar-refractivity contribution is 5.75. The van der Waals surface area contributed by atoms with Crippen LogP contribution in [0.25, 0.3) is 0 Å². The molecule has 0 aliphatic heterocycles. The zero-order valence-corrected chi connectivity index (χ0v) is 14.5. The molecule has 4 rings (SSSR count). The van der Waals surface area contributed by atoms with E-state index in [1.807, 2.05) is 6.07 Å². The fourth-order valence-electron chi connectivity index (χ4n) is 4.22. The van der Waals surface area contributed by atoms with Crippen molar-refractivity contribution in [1.82, 2.24) is 25.5 Å². The predicted octanol–water partition coefficient (Wildman–Crippen LogP) is 2.57. The average Bonchev–Trinajstić information content (AvgIpc) is 3.26. The van der Waals surface area contributed by atoms with Crippen LogP contribution >= 0.6 is 0 Å². The Morgan fingerprint density at radius 3 is 2.60 bits per heavy atom. The molecule has 2 aliphatic rings. The lowest BCUT2D eigenvalue weighted by Crippen LogP contribution is -2.46. The molecule has 1 aromatic carbocycles. The number of amides is 1. The quantitative estimate of drug-likeness (QED) is 0.878. The van der Waals surface area contributed by atoms with Crippen LogP contribution in [0.15, 0.2) is 30.3 Å². The van der Waals surface area contributed by atoms with Crippen molar-refractivity contribution >= 4 is 5.91 Å². The number of hydrogen-bond donors (Lipinski definition) is 1. The fraction of sp³-hybridized carbons (Fsp3) is 0.579. The van der Waals surface area contributed by atoms with E-state index >= 15 is 0 Å². The highest BCUT2D eigenvalue weighted by atomic mass is 16.2. The van der Waals surface area contributed by atoms with E-state index in [2.05, 4.69) is 45.1 Å². The zero-order chi connectivity index (χ0) is 17.1. The van der Waals surface area contributed by atoms with E-state index in [4.69, 9.17) is 0 Å². The Morgan fingerprint density at radius 2 is 1.92 bits per heavy atom. The molecule has 25 heavy (non-hydrogen) atoms. The summed E-state index contributed by atoms with van der Waals surface area (Å²) in [6, 6.07) is 10.5. The van der Waals surface area contributed by atoms with Gasteiger partial charge in [-0.2, -0.15) is 0 Å². The molecule has 1 N–H and O–H groups in total. The molecule has 0 saturated heterocycles. The van der Waals surface area contributed by atoms with Crippen molar-refractivity contribution in [2.24, 2.45) is 0 Å². The van der Waals surface area contributed by atoms with Crippen molar-refractivity contribution in [2.75, 3.05) is 6.54 Å². The van der Waals surface area contributed by atoms with Gasteiger partial charge in [0.1, 0.15) is 6.54 Å². The second kappa shape index (κ2) is 6.94. The van der Waals surface area contributed by atoms with E-state index in [1.165, 1.54) is 24.8 Å². The van der Waals surface area contributed by atoms with Crippen molar-refractivity contribution in [3.63, 3.8) is 0 Å². The van der Waals surface area contributed by atoms with Crippen LogP contribution in [0.3, 0.4) is 0 Å². The predicted molar refractivity (Wildman–Crippen MR) is 94.0 cm³/mol. The number of nitrogens with zero attached hydrogens (tertiary/aromatic N) is 4. The molecule has 0 radical (unpaired) electrons. The number of aromatic nitrogens is 4. The molecule has 1 aromatic heterocycles. The summed E-state index contributed by atoms with van der Waals surface area (Å²) < 4.78 is 1.68. The van der Waals surface area contributed by atoms with Gasteiger partial charge < -0.3 is 5.32 Å². The van der Waals surface area contributed by atoms with Crippen molar-refractivity contribution in [1.29, 1.82) is 0 Å². The van der Waals surface area contributed by atoms with Crippen LogP contribution in [0.5, 0.6) is 0 Å². The minimum atomic E-state index is -0.00578. The van der Waals surface area contributed by atoms with Crippen LogP contribution in [0.2, 0.25) is 0 Å². The van der Waals surface area contributed by atoms with Gasteiger partial charge in [-0.25, -0.2) is 4.68 Å². The second-order valence-corrected chi connectivity index (χ2v) is 7.45. The highest BCUT2D eigenvalue weighted by Crippen LogP contribution is 2.43. The summed E-state index contributed by atoms with van der Waals surface area (Å²) in [6.07, 6.45) is 8.19. The topological polar surface area (TPSA) is 72.7 Å². The van der Waals surface area contributed by atoms with Crippen LogP contribution in [-0.2, 0) is 16.8 Å². The van der Waals surface area contributed by atoms with Crippen molar-refractivity contribution in [2.45, 2.75) is 62.8 Å². The summed E-state index contributed by atoms with van der Waals surface area (Å²) in [5, 5.41) is 15.1. The van der Waals surface area contributed by atoms with Gasteiger partial charge >= 0.3 is 0 Å². The summed E-state index contributed by atoms with van der Waals surface area (Å²) in [4.78, 5) is 12.5. The molecule has 2 aliphatic carbocycles. The van der Waals surface area contributed by atoms with Gasteiger partial charge in [-0.3, -0.25) is 4.79 Å². The molecule has 2 aromatic rings. The number of benzene rings is 1. The Kier molecular flexibility index (Phi) is 4.51. The van der Waals surface area contributed by atoms with Crippen molar-refractivity contribution in [3.05, 3.63) is 41.7 Å². The maximum atomic E-state index is 12.5. The number of tetrazole rings is 1. The maximum Gasteiger partial charge on any atom is 0.241 e. The number of hydrogen-bond acceptors (Lipinski definition) is 4. The Bertz CT molecular complexity index is 716. The zero-order valence-electron chi connectivity index (χ0n) is 14.5. The fourth-order valence-corrected chi connectivity index (χ4v) is 4.22. The van der Waals surface area contributed by atoms with Gasteiger partial charge in [0.2, 0.25) is 5.91 Å². The lowest BCUT2D eigenvalue weighted by Gasteiger charge is -2.42. The van der Waals surface area contributed by atoms with Gasteiger partial charge in [0.05, 0.1) is 0 Å². The van der Waals surface area contributed by atoms with E-state index in [1.54, 1.807) is 4.68 Å². The van der Waals surface area contributed by atoms with Crippen molar-refractivity contribution in [3.8, 4) is 0 Å². The van der Waals surface area contributed by atoms with Crippen molar-refractivity contribution < 1.29 is 4.79 Å². The van der Waals surface area contributed by atoms with E-state index in [9.17, 15) is 4.79 Å². The maximum absolute atomic E-state index is 12.5. The molecule has 6 nitrogen and oxygen atoms in total. The normalized spacial score (nSPS) is 19.5. The van der Waals surface area contributed by atoms with Crippen LogP contribution in [-0.4, -0.2) is 32.7 Å². The monoisotopic (exact) mass is 339 g/mol. The first-order valence-electron chi connectivity index (χ1n) is 9.35. The first-order chi connectivity index (χ1) is 12.3.